The molecule has 1 heterocycles. The van der Waals surface area contributed by atoms with Crippen LogP contribution in [0.2, 0.25) is 0 Å². The molecule has 1 aliphatic carbocycles. The highest BCUT2D eigenvalue weighted by atomic mass is 79.9. The van der Waals surface area contributed by atoms with Gasteiger partial charge in [0.05, 0.1) is 4.47 Å². The summed E-state index contributed by atoms with van der Waals surface area (Å²) in [7, 11) is 0. The molecule has 2 N–H and O–H groups in total. The van der Waals surface area contributed by atoms with E-state index < -0.39 is 0 Å². The molecule has 1 aliphatic rings. The number of hydrogen-bond acceptors (Lipinski definition) is 4. The monoisotopic (exact) mass is 269 g/mol. The topological polar surface area (TPSA) is 58.0 Å². The Labute approximate surface area is 96.6 Å². The lowest BCUT2D eigenvalue weighted by Gasteiger charge is -2.11. The maximum Gasteiger partial charge on any atom is 0.223 e. The second-order valence-electron chi connectivity index (χ2n) is 3.54. The van der Waals surface area contributed by atoms with E-state index in [0.29, 0.717) is 5.95 Å². The minimum Gasteiger partial charge on any atom is -0.396 e. The molecule has 15 heavy (non-hydrogen) atoms. The summed E-state index contributed by atoms with van der Waals surface area (Å²) >= 11 is 3.28. The molecule has 5 heteroatoms. The van der Waals surface area contributed by atoms with Crippen LogP contribution in [0.5, 0.6) is 0 Å². The number of halogens is 1. The molecule has 0 aliphatic heterocycles. The lowest BCUT2D eigenvalue weighted by Crippen LogP contribution is -2.18. The van der Waals surface area contributed by atoms with Gasteiger partial charge >= 0.3 is 0 Å². The number of aliphatic hydroxyl groups excluding tert-OH is 1. The van der Waals surface area contributed by atoms with E-state index in [4.69, 9.17) is 5.11 Å². The van der Waals surface area contributed by atoms with Crippen molar-refractivity contribution in [2.75, 3.05) is 11.9 Å². The van der Waals surface area contributed by atoms with Crippen molar-refractivity contribution in [1.82, 2.24) is 9.97 Å². The number of aromatic nitrogens is 2. The van der Waals surface area contributed by atoms with E-state index in [0.717, 1.165) is 10.9 Å². The minimum absolute atomic E-state index is 0.204. The molecular formula is C10H12BrN3O. The predicted octanol–water partition coefficient (Wildman–Crippen LogP) is 1.59. The highest BCUT2D eigenvalue weighted by molar-refractivity contribution is 9.10. The first-order valence-electron chi connectivity index (χ1n) is 4.81. The SMILES string of the molecule is OC[C@H]1C=C[C@@H](Nc2ncc(Br)cn2)C1. The molecule has 2 atom stereocenters. The summed E-state index contributed by atoms with van der Waals surface area (Å²) in [5.41, 5.74) is 0. The van der Waals surface area contributed by atoms with Crippen molar-refractivity contribution >= 4 is 21.9 Å². The smallest absolute Gasteiger partial charge is 0.223 e. The molecule has 0 bridgehead atoms. The Kier molecular flexibility index (Phi) is 3.33. The van der Waals surface area contributed by atoms with Gasteiger partial charge in [-0.3, -0.25) is 0 Å². The first-order chi connectivity index (χ1) is 7.28. The third-order valence-electron chi connectivity index (χ3n) is 2.34. The van der Waals surface area contributed by atoms with Crippen LogP contribution in [0.15, 0.2) is 29.0 Å². The molecule has 1 aromatic rings. The Hall–Kier alpha value is -0.940. The summed E-state index contributed by atoms with van der Waals surface area (Å²) in [4.78, 5) is 8.25. The maximum absolute atomic E-state index is 8.97. The zero-order valence-electron chi connectivity index (χ0n) is 8.10. The first-order valence-corrected chi connectivity index (χ1v) is 5.60. The molecule has 0 amide bonds. The van der Waals surface area contributed by atoms with Crippen molar-refractivity contribution in [3.05, 3.63) is 29.0 Å². The summed E-state index contributed by atoms with van der Waals surface area (Å²) < 4.78 is 0.864. The fourth-order valence-corrected chi connectivity index (χ4v) is 1.77. The lowest BCUT2D eigenvalue weighted by atomic mass is 10.1. The van der Waals surface area contributed by atoms with Crippen LogP contribution in [0.3, 0.4) is 0 Å². The molecule has 1 aromatic heterocycles. The average Bonchev–Trinajstić information content (AvgIpc) is 2.69. The van der Waals surface area contributed by atoms with Crippen LogP contribution in [0.1, 0.15) is 6.42 Å². The molecule has 0 aromatic carbocycles. The first kappa shape index (κ1) is 10.6. The van der Waals surface area contributed by atoms with E-state index in [1.54, 1.807) is 12.4 Å². The van der Waals surface area contributed by atoms with Gasteiger partial charge in [0.25, 0.3) is 0 Å². The van der Waals surface area contributed by atoms with Crippen molar-refractivity contribution in [3.8, 4) is 0 Å². The van der Waals surface area contributed by atoms with E-state index in [9.17, 15) is 0 Å². The highest BCUT2D eigenvalue weighted by Crippen LogP contribution is 2.19. The molecule has 80 valence electrons. The maximum atomic E-state index is 8.97. The molecule has 4 nitrogen and oxygen atoms in total. The van der Waals surface area contributed by atoms with Gasteiger partial charge in [0.2, 0.25) is 5.95 Å². The van der Waals surface area contributed by atoms with Crippen LogP contribution in [0.4, 0.5) is 5.95 Å². The van der Waals surface area contributed by atoms with Gasteiger partial charge in [-0.1, -0.05) is 12.2 Å². The van der Waals surface area contributed by atoms with Gasteiger partial charge in [-0.2, -0.15) is 0 Å². The third-order valence-corrected chi connectivity index (χ3v) is 2.75. The number of nitrogens with zero attached hydrogens (tertiary/aromatic N) is 2. The second-order valence-corrected chi connectivity index (χ2v) is 4.45. The molecule has 0 saturated heterocycles. The van der Waals surface area contributed by atoms with Gasteiger partial charge in [-0.05, 0) is 22.4 Å². The summed E-state index contributed by atoms with van der Waals surface area (Å²) in [5.74, 6) is 0.879. The molecule has 0 unspecified atom stereocenters. The number of hydrogen-bond donors (Lipinski definition) is 2. The number of aliphatic hydroxyl groups is 1. The number of anilines is 1. The van der Waals surface area contributed by atoms with Crippen LogP contribution in [-0.2, 0) is 0 Å². The standard InChI is InChI=1S/C10H12BrN3O/c11-8-4-12-10(13-5-8)14-9-2-1-7(3-9)6-15/h1-2,4-5,7,9,15H,3,6H2,(H,12,13,14)/t7-,9+/m0/s1. The molecule has 2 rings (SSSR count). The Morgan fingerprint density at radius 3 is 2.73 bits per heavy atom. The Morgan fingerprint density at radius 2 is 2.13 bits per heavy atom. The summed E-state index contributed by atoms with van der Waals surface area (Å²) in [6.45, 7) is 0.204. The Bertz CT molecular complexity index is 352. The van der Waals surface area contributed by atoms with Gasteiger partial charge in [0.1, 0.15) is 0 Å². The third kappa shape index (κ3) is 2.76. The van der Waals surface area contributed by atoms with Crippen LogP contribution >= 0.6 is 15.9 Å². The number of nitrogens with one attached hydrogen (secondary N) is 1. The zero-order chi connectivity index (χ0) is 10.7. The quantitative estimate of drug-likeness (QED) is 0.819. The van der Waals surface area contributed by atoms with Gasteiger partial charge in [-0.15, -0.1) is 0 Å². The van der Waals surface area contributed by atoms with Gasteiger partial charge in [0, 0.05) is 31.0 Å². The molecule has 0 saturated carbocycles. The largest absolute Gasteiger partial charge is 0.396 e. The lowest BCUT2D eigenvalue weighted by molar-refractivity contribution is 0.250. The van der Waals surface area contributed by atoms with Crippen molar-refractivity contribution < 1.29 is 5.11 Å². The second kappa shape index (κ2) is 4.72. The molecule has 0 fully saturated rings. The van der Waals surface area contributed by atoms with Crippen LogP contribution in [0.25, 0.3) is 0 Å². The van der Waals surface area contributed by atoms with E-state index >= 15 is 0 Å². The van der Waals surface area contributed by atoms with Crippen LogP contribution < -0.4 is 5.32 Å². The van der Waals surface area contributed by atoms with E-state index in [-0.39, 0.29) is 18.6 Å². The van der Waals surface area contributed by atoms with Crippen molar-refractivity contribution in [2.45, 2.75) is 12.5 Å². The van der Waals surface area contributed by atoms with Crippen molar-refractivity contribution in [1.29, 1.82) is 0 Å². The van der Waals surface area contributed by atoms with Gasteiger partial charge in [0.15, 0.2) is 0 Å². The highest BCUT2D eigenvalue weighted by Gasteiger charge is 2.18. The predicted molar refractivity (Wildman–Crippen MR) is 61.5 cm³/mol. The van der Waals surface area contributed by atoms with E-state index in [1.165, 1.54) is 0 Å². The minimum atomic E-state index is 0.204. The molecule has 0 spiro atoms. The Morgan fingerprint density at radius 1 is 1.40 bits per heavy atom. The van der Waals surface area contributed by atoms with Crippen LogP contribution in [0, 0.1) is 5.92 Å². The number of rotatable bonds is 3. The average molecular weight is 270 g/mol. The summed E-state index contributed by atoms with van der Waals surface area (Å²) in [5, 5.41) is 12.2. The van der Waals surface area contributed by atoms with E-state index in [2.05, 4.69) is 31.2 Å². The fraction of sp³-hybridized carbons (Fsp3) is 0.400. The summed E-state index contributed by atoms with van der Waals surface area (Å²) in [6, 6.07) is 0.225. The van der Waals surface area contributed by atoms with Crippen molar-refractivity contribution in [2.24, 2.45) is 5.92 Å². The van der Waals surface area contributed by atoms with Crippen molar-refractivity contribution in [3.63, 3.8) is 0 Å². The van der Waals surface area contributed by atoms with Gasteiger partial charge in [-0.25, -0.2) is 9.97 Å². The van der Waals surface area contributed by atoms with Gasteiger partial charge < -0.3 is 10.4 Å². The van der Waals surface area contributed by atoms with E-state index in [1.807, 2.05) is 12.2 Å². The normalized spacial score (nSPS) is 24.4. The fourth-order valence-electron chi connectivity index (χ4n) is 1.57. The molecule has 0 radical (unpaired) electrons. The van der Waals surface area contributed by atoms with Crippen LogP contribution in [-0.4, -0.2) is 27.7 Å². The molecular weight excluding hydrogens is 258 g/mol. The summed E-state index contributed by atoms with van der Waals surface area (Å²) in [6.07, 6.45) is 8.38. The zero-order valence-corrected chi connectivity index (χ0v) is 9.68. The Balaban J connectivity index is 1.93.